The summed E-state index contributed by atoms with van der Waals surface area (Å²) < 4.78 is 0. The van der Waals surface area contributed by atoms with Crippen LogP contribution in [-0.4, -0.2) is 48.8 Å². The fourth-order valence-electron chi connectivity index (χ4n) is 4.91. The Balaban J connectivity index is 1.29. The van der Waals surface area contributed by atoms with E-state index in [4.69, 9.17) is 0 Å². The van der Waals surface area contributed by atoms with Crippen LogP contribution >= 0.6 is 0 Å². The Kier molecular flexibility index (Phi) is 6.16. The van der Waals surface area contributed by atoms with Crippen LogP contribution in [0.3, 0.4) is 0 Å². The van der Waals surface area contributed by atoms with Gasteiger partial charge in [-0.05, 0) is 42.9 Å². The molecule has 2 aliphatic heterocycles. The molecular weight excluding hydrogens is 366 g/mol. The van der Waals surface area contributed by atoms with Crippen molar-refractivity contribution >= 4 is 23.4 Å². The monoisotopic (exact) mass is 397 g/mol. The van der Waals surface area contributed by atoms with Crippen molar-refractivity contribution in [3.63, 3.8) is 0 Å². The largest absolute Gasteiger partial charge is 0.368 e. The number of imide groups is 1. The average Bonchev–Trinajstić information content (AvgIpc) is 2.75. The molecule has 0 bridgehead atoms. The van der Waals surface area contributed by atoms with Gasteiger partial charge in [-0.3, -0.25) is 19.7 Å². The summed E-state index contributed by atoms with van der Waals surface area (Å²) >= 11 is 0. The quantitative estimate of drug-likeness (QED) is 0.793. The molecule has 6 heteroatoms. The van der Waals surface area contributed by atoms with Crippen molar-refractivity contribution in [2.45, 2.75) is 57.3 Å². The first-order chi connectivity index (χ1) is 14.1. The van der Waals surface area contributed by atoms with Crippen molar-refractivity contribution in [2.75, 3.05) is 31.1 Å². The first-order valence-electron chi connectivity index (χ1n) is 11.1. The molecule has 156 valence electrons. The lowest BCUT2D eigenvalue weighted by Crippen LogP contribution is -2.49. The molecule has 2 saturated heterocycles. The molecule has 0 spiro atoms. The van der Waals surface area contributed by atoms with Gasteiger partial charge in [0, 0.05) is 44.7 Å². The van der Waals surface area contributed by atoms with Crippen LogP contribution in [0.5, 0.6) is 0 Å². The van der Waals surface area contributed by atoms with E-state index in [1.165, 1.54) is 32.1 Å². The number of piperazine rings is 1. The van der Waals surface area contributed by atoms with E-state index in [-0.39, 0.29) is 17.7 Å². The highest BCUT2D eigenvalue weighted by atomic mass is 16.2. The summed E-state index contributed by atoms with van der Waals surface area (Å²) in [6.45, 7) is 3.24. The van der Waals surface area contributed by atoms with Gasteiger partial charge in [0.05, 0.1) is 5.92 Å². The number of hydrogen-bond donors (Lipinski definition) is 1. The van der Waals surface area contributed by atoms with Gasteiger partial charge < -0.3 is 9.80 Å². The summed E-state index contributed by atoms with van der Waals surface area (Å²) in [5, 5.41) is 2.42. The lowest BCUT2D eigenvalue weighted by Gasteiger charge is -2.37. The third-order valence-electron chi connectivity index (χ3n) is 6.72. The third-order valence-corrected chi connectivity index (χ3v) is 6.72. The maximum absolute atomic E-state index is 12.6. The second-order valence-electron chi connectivity index (χ2n) is 8.67. The molecule has 3 amide bonds. The Hall–Kier alpha value is -2.37. The summed E-state index contributed by atoms with van der Waals surface area (Å²) in [5.74, 6) is 0.299. The molecule has 2 heterocycles. The number of carbonyl (C=O) groups is 3. The zero-order valence-corrected chi connectivity index (χ0v) is 17.1. The van der Waals surface area contributed by atoms with Gasteiger partial charge in [0.25, 0.3) is 0 Å². The highest BCUT2D eigenvalue weighted by Crippen LogP contribution is 2.29. The maximum Gasteiger partial charge on any atom is 0.234 e. The van der Waals surface area contributed by atoms with E-state index in [1.54, 1.807) is 0 Å². The summed E-state index contributed by atoms with van der Waals surface area (Å²) in [5.41, 5.74) is 2.08. The van der Waals surface area contributed by atoms with Gasteiger partial charge in [-0.15, -0.1) is 0 Å². The SMILES string of the molecule is O=C1CCC(c2ccc(N3CCN(C(=O)CC4CCCCC4)CC3)cc2)C(=O)N1. The molecule has 0 radical (unpaired) electrons. The minimum Gasteiger partial charge on any atom is -0.368 e. The van der Waals surface area contributed by atoms with E-state index in [2.05, 4.69) is 22.3 Å². The molecule has 1 aromatic carbocycles. The number of anilines is 1. The Bertz CT molecular complexity index is 747. The first-order valence-corrected chi connectivity index (χ1v) is 11.1. The number of carbonyl (C=O) groups excluding carboxylic acids is 3. The fraction of sp³-hybridized carbons (Fsp3) is 0.609. The van der Waals surface area contributed by atoms with Crippen molar-refractivity contribution in [1.29, 1.82) is 0 Å². The van der Waals surface area contributed by atoms with Crippen molar-refractivity contribution in [1.82, 2.24) is 10.2 Å². The van der Waals surface area contributed by atoms with Crippen LogP contribution in [-0.2, 0) is 14.4 Å². The maximum atomic E-state index is 12.6. The number of hydrogen-bond acceptors (Lipinski definition) is 4. The Morgan fingerprint density at radius 2 is 1.62 bits per heavy atom. The highest BCUT2D eigenvalue weighted by Gasteiger charge is 2.28. The summed E-state index contributed by atoms with van der Waals surface area (Å²) in [6, 6.07) is 8.10. The predicted molar refractivity (Wildman–Crippen MR) is 112 cm³/mol. The normalized spacial score (nSPS) is 23.8. The van der Waals surface area contributed by atoms with Gasteiger partial charge in [0.1, 0.15) is 0 Å². The average molecular weight is 398 g/mol. The first kappa shape index (κ1) is 19.9. The van der Waals surface area contributed by atoms with Crippen molar-refractivity contribution in [2.24, 2.45) is 5.92 Å². The number of nitrogens with zero attached hydrogens (tertiary/aromatic N) is 2. The number of nitrogens with one attached hydrogen (secondary N) is 1. The van der Waals surface area contributed by atoms with E-state index in [9.17, 15) is 14.4 Å². The zero-order chi connectivity index (χ0) is 20.2. The van der Waals surface area contributed by atoms with E-state index < -0.39 is 0 Å². The molecule has 3 fully saturated rings. The summed E-state index contributed by atoms with van der Waals surface area (Å²) in [7, 11) is 0. The summed E-state index contributed by atoms with van der Waals surface area (Å²) in [4.78, 5) is 40.3. The van der Waals surface area contributed by atoms with Gasteiger partial charge in [0.15, 0.2) is 0 Å². The predicted octanol–water partition coefficient (Wildman–Crippen LogP) is 2.83. The van der Waals surface area contributed by atoms with Crippen LogP contribution in [0, 0.1) is 5.92 Å². The molecule has 6 nitrogen and oxygen atoms in total. The van der Waals surface area contributed by atoms with E-state index in [0.717, 1.165) is 43.9 Å². The number of benzene rings is 1. The molecule has 0 aromatic heterocycles. The van der Waals surface area contributed by atoms with Crippen LogP contribution < -0.4 is 10.2 Å². The molecule has 29 heavy (non-hydrogen) atoms. The molecule has 3 aliphatic rings. The van der Waals surface area contributed by atoms with E-state index in [1.807, 2.05) is 17.0 Å². The lowest BCUT2D eigenvalue weighted by molar-refractivity contribution is -0.134. The minimum absolute atomic E-state index is 0.182. The molecule has 1 atom stereocenters. The van der Waals surface area contributed by atoms with Crippen LogP contribution in [0.2, 0.25) is 0 Å². The van der Waals surface area contributed by atoms with Crippen molar-refractivity contribution in [3.8, 4) is 0 Å². The third kappa shape index (κ3) is 4.80. The Morgan fingerprint density at radius 1 is 0.931 bits per heavy atom. The number of piperidine rings is 1. The van der Waals surface area contributed by atoms with Gasteiger partial charge in [-0.1, -0.05) is 31.4 Å². The Labute approximate surface area is 172 Å². The minimum atomic E-state index is -0.240. The second-order valence-corrected chi connectivity index (χ2v) is 8.67. The fourth-order valence-corrected chi connectivity index (χ4v) is 4.91. The highest BCUT2D eigenvalue weighted by molar-refractivity contribution is 6.00. The smallest absolute Gasteiger partial charge is 0.234 e. The van der Waals surface area contributed by atoms with Gasteiger partial charge in [0.2, 0.25) is 17.7 Å². The van der Waals surface area contributed by atoms with Gasteiger partial charge in [-0.25, -0.2) is 0 Å². The molecule has 4 rings (SSSR count). The standard InChI is InChI=1S/C23H31N3O3/c27-21-11-10-20(23(29)24-21)18-6-8-19(9-7-18)25-12-14-26(15-13-25)22(28)16-17-4-2-1-3-5-17/h6-9,17,20H,1-5,10-16H2,(H,24,27,29). The molecular formula is C23H31N3O3. The van der Waals surface area contributed by atoms with Crippen molar-refractivity contribution < 1.29 is 14.4 Å². The molecule has 1 aromatic rings. The lowest BCUT2D eigenvalue weighted by atomic mass is 9.86. The topological polar surface area (TPSA) is 69.7 Å². The summed E-state index contributed by atoms with van der Waals surface area (Å²) in [6.07, 6.45) is 8.00. The molecule has 1 saturated carbocycles. The van der Waals surface area contributed by atoms with Crippen LogP contribution in [0.4, 0.5) is 5.69 Å². The van der Waals surface area contributed by atoms with Gasteiger partial charge >= 0.3 is 0 Å². The zero-order valence-electron chi connectivity index (χ0n) is 17.1. The molecule has 1 unspecified atom stereocenters. The van der Waals surface area contributed by atoms with E-state index >= 15 is 0 Å². The Morgan fingerprint density at radius 3 is 2.28 bits per heavy atom. The molecule has 1 aliphatic carbocycles. The number of rotatable bonds is 4. The van der Waals surface area contributed by atoms with Crippen LogP contribution in [0.1, 0.15) is 62.8 Å². The van der Waals surface area contributed by atoms with Crippen LogP contribution in [0.25, 0.3) is 0 Å². The molecule has 1 N–H and O–H groups in total. The number of amides is 3. The van der Waals surface area contributed by atoms with Gasteiger partial charge in [-0.2, -0.15) is 0 Å². The van der Waals surface area contributed by atoms with Crippen molar-refractivity contribution in [3.05, 3.63) is 29.8 Å². The van der Waals surface area contributed by atoms with Crippen LogP contribution in [0.15, 0.2) is 24.3 Å². The van der Waals surface area contributed by atoms with E-state index in [0.29, 0.717) is 24.7 Å². The second kappa shape index (κ2) is 8.97.